The Morgan fingerprint density at radius 2 is 1.92 bits per heavy atom. The molecule has 0 saturated heterocycles. The zero-order valence-electron chi connectivity index (χ0n) is 15.2. The highest BCUT2D eigenvalue weighted by molar-refractivity contribution is 5.73. The maximum absolute atomic E-state index is 12.4. The highest BCUT2D eigenvalue weighted by atomic mass is 16.6. The Hall–Kier alpha value is -3.09. The number of rotatable bonds is 6. The molecule has 1 aromatic carbocycles. The van der Waals surface area contributed by atoms with E-state index in [1.807, 2.05) is 44.2 Å². The molecule has 0 amide bonds. The first-order valence-electron chi connectivity index (χ1n) is 8.57. The van der Waals surface area contributed by atoms with Gasteiger partial charge in [-0.2, -0.15) is 14.9 Å². The standard InChI is InChI=1S/C19H22N4O3/c1-4-17-15(3)21-22(12-13-25-16-8-6-5-7-9-16)18(17)26-19(24)23-14(2)10-11-20-23/h5-11H,4,12-13H2,1-3H3. The molecule has 136 valence electrons. The largest absolute Gasteiger partial charge is 0.492 e. The van der Waals surface area contributed by atoms with Gasteiger partial charge in [-0.15, -0.1) is 0 Å². The monoisotopic (exact) mass is 354 g/mol. The van der Waals surface area contributed by atoms with Crippen LogP contribution in [0.25, 0.3) is 0 Å². The lowest BCUT2D eigenvalue weighted by atomic mass is 10.2. The van der Waals surface area contributed by atoms with Crippen LogP contribution in [0.15, 0.2) is 42.6 Å². The summed E-state index contributed by atoms with van der Waals surface area (Å²) in [5.74, 6) is 1.24. The molecule has 26 heavy (non-hydrogen) atoms. The minimum atomic E-state index is -0.549. The summed E-state index contributed by atoms with van der Waals surface area (Å²) < 4.78 is 14.3. The molecular formula is C19H22N4O3. The van der Waals surface area contributed by atoms with Gasteiger partial charge in [0.25, 0.3) is 0 Å². The zero-order chi connectivity index (χ0) is 18.5. The van der Waals surface area contributed by atoms with Crippen LogP contribution in [0, 0.1) is 13.8 Å². The number of benzene rings is 1. The third-order valence-electron chi connectivity index (χ3n) is 4.06. The third kappa shape index (κ3) is 3.77. The van der Waals surface area contributed by atoms with Crippen molar-refractivity contribution in [3.63, 3.8) is 0 Å². The fourth-order valence-corrected chi connectivity index (χ4v) is 2.72. The molecule has 0 aliphatic carbocycles. The zero-order valence-corrected chi connectivity index (χ0v) is 15.2. The quantitative estimate of drug-likeness (QED) is 0.678. The number of aromatic nitrogens is 4. The lowest BCUT2D eigenvalue weighted by Crippen LogP contribution is -2.22. The second-order valence-corrected chi connectivity index (χ2v) is 5.86. The van der Waals surface area contributed by atoms with E-state index < -0.39 is 6.09 Å². The molecule has 3 aromatic rings. The molecular weight excluding hydrogens is 332 g/mol. The van der Waals surface area contributed by atoms with Crippen LogP contribution in [0.1, 0.15) is 23.9 Å². The van der Waals surface area contributed by atoms with Crippen molar-refractivity contribution < 1.29 is 14.3 Å². The van der Waals surface area contributed by atoms with E-state index >= 15 is 0 Å². The van der Waals surface area contributed by atoms with Crippen molar-refractivity contribution in [2.24, 2.45) is 0 Å². The van der Waals surface area contributed by atoms with Crippen LogP contribution in [0.4, 0.5) is 4.79 Å². The Morgan fingerprint density at radius 3 is 2.58 bits per heavy atom. The van der Waals surface area contributed by atoms with Gasteiger partial charge in [0.15, 0.2) is 0 Å². The van der Waals surface area contributed by atoms with Crippen LogP contribution in [-0.4, -0.2) is 32.3 Å². The topological polar surface area (TPSA) is 71.2 Å². The predicted molar refractivity (Wildman–Crippen MR) is 96.7 cm³/mol. The normalized spacial score (nSPS) is 10.7. The Kier molecular flexibility index (Phi) is 5.36. The van der Waals surface area contributed by atoms with Crippen molar-refractivity contribution in [1.29, 1.82) is 0 Å². The minimum Gasteiger partial charge on any atom is -0.492 e. The van der Waals surface area contributed by atoms with Gasteiger partial charge in [-0.3, -0.25) is 0 Å². The van der Waals surface area contributed by atoms with E-state index in [2.05, 4.69) is 10.2 Å². The highest BCUT2D eigenvalue weighted by Crippen LogP contribution is 2.24. The SMILES string of the molecule is CCc1c(C)nn(CCOc2ccccc2)c1OC(=O)n1nccc1C. The van der Waals surface area contributed by atoms with E-state index in [1.165, 1.54) is 4.68 Å². The predicted octanol–water partition coefficient (Wildman–Crippen LogP) is 3.38. The molecule has 0 aliphatic rings. The van der Waals surface area contributed by atoms with Crippen LogP contribution in [0.3, 0.4) is 0 Å². The number of nitrogens with zero attached hydrogens (tertiary/aromatic N) is 4. The first-order valence-corrected chi connectivity index (χ1v) is 8.57. The molecule has 3 rings (SSSR count). The molecule has 7 heteroatoms. The number of hydrogen-bond acceptors (Lipinski definition) is 5. The number of aryl methyl sites for hydroxylation is 2. The van der Waals surface area contributed by atoms with E-state index in [-0.39, 0.29) is 0 Å². The molecule has 0 unspecified atom stereocenters. The van der Waals surface area contributed by atoms with Crippen molar-refractivity contribution in [3.05, 3.63) is 59.5 Å². The average molecular weight is 354 g/mol. The summed E-state index contributed by atoms with van der Waals surface area (Å²) in [4.78, 5) is 12.4. The lowest BCUT2D eigenvalue weighted by Gasteiger charge is -2.11. The van der Waals surface area contributed by atoms with E-state index in [0.29, 0.717) is 31.1 Å². The first-order chi connectivity index (χ1) is 12.6. The van der Waals surface area contributed by atoms with Gasteiger partial charge in [-0.25, -0.2) is 9.48 Å². The van der Waals surface area contributed by atoms with Crippen molar-refractivity contribution in [3.8, 4) is 11.6 Å². The molecule has 2 heterocycles. The second kappa shape index (κ2) is 7.86. The van der Waals surface area contributed by atoms with Gasteiger partial charge in [0.1, 0.15) is 12.4 Å². The van der Waals surface area contributed by atoms with Gasteiger partial charge in [-0.1, -0.05) is 25.1 Å². The summed E-state index contributed by atoms with van der Waals surface area (Å²) in [6.07, 6.45) is 1.73. The summed E-state index contributed by atoms with van der Waals surface area (Å²) in [5, 5.41) is 8.49. The third-order valence-corrected chi connectivity index (χ3v) is 4.06. The van der Waals surface area contributed by atoms with Crippen LogP contribution in [0.2, 0.25) is 0 Å². The molecule has 0 bridgehead atoms. The summed E-state index contributed by atoms with van der Waals surface area (Å²) in [5.41, 5.74) is 2.46. The average Bonchev–Trinajstić information content (AvgIpc) is 3.19. The fourth-order valence-electron chi connectivity index (χ4n) is 2.72. The molecule has 0 aliphatic heterocycles. The van der Waals surface area contributed by atoms with Crippen LogP contribution >= 0.6 is 0 Å². The van der Waals surface area contributed by atoms with Gasteiger partial charge >= 0.3 is 6.09 Å². The van der Waals surface area contributed by atoms with E-state index in [9.17, 15) is 4.79 Å². The van der Waals surface area contributed by atoms with E-state index in [0.717, 1.165) is 17.0 Å². The summed E-state index contributed by atoms with van der Waals surface area (Å²) in [7, 11) is 0. The summed E-state index contributed by atoms with van der Waals surface area (Å²) in [6, 6.07) is 11.3. The van der Waals surface area contributed by atoms with Gasteiger partial charge in [0.05, 0.1) is 12.2 Å². The fraction of sp³-hybridized carbons (Fsp3) is 0.316. The lowest BCUT2D eigenvalue weighted by molar-refractivity contribution is 0.190. The second-order valence-electron chi connectivity index (χ2n) is 5.86. The van der Waals surface area contributed by atoms with Crippen molar-refractivity contribution in [2.75, 3.05) is 6.61 Å². The van der Waals surface area contributed by atoms with Crippen molar-refractivity contribution in [2.45, 2.75) is 33.7 Å². The summed E-state index contributed by atoms with van der Waals surface area (Å²) in [6.45, 7) is 6.59. The van der Waals surface area contributed by atoms with Gasteiger partial charge < -0.3 is 9.47 Å². The molecule has 0 N–H and O–H groups in total. The Morgan fingerprint density at radius 1 is 1.15 bits per heavy atom. The van der Waals surface area contributed by atoms with Crippen molar-refractivity contribution >= 4 is 6.09 Å². The van der Waals surface area contributed by atoms with Crippen LogP contribution in [0.5, 0.6) is 11.6 Å². The van der Waals surface area contributed by atoms with Gasteiger partial charge in [0, 0.05) is 17.5 Å². The Bertz CT molecular complexity index is 884. The highest BCUT2D eigenvalue weighted by Gasteiger charge is 2.20. The molecule has 2 aromatic heterocycles. The Balaban J connectivity index is 1.75. The molecule has 0 saturated carbocycles. The maximum Gasteiger partial charge on any atom is 0.441 e. The molecule has 0 fully saturated rings. The number of carbonyl (C=O) groups excluding carboxylic acids is 1. The van der Waals surface area contributed by atoms with Crippen LogP contribution < -0.4 is 9.47 Å². The van der Waals surface area contributed by atoms with E-state index in [4.69, 9.17) is 9.47 Å². The molecule has 0 spiro atoms. The molecule has 7 nitrogen and oxygen atoms in total. The maximum atomic E-state index is 12.4. The van der Waals surface area contributed by atoms with Crippen molar-refractivity contribution in [1.82, 2.24) is 19.6 Å². The molecule has 0 atom stereocenters. The van der Waals surface area contributed by atoms with Gasteiger partial charge in [-0.05, 0) is 38.5 Å². The Labute approximate surface area is 152 Å². The molecule has 0 radical (unpaired) electrons. The van der Waals surface area contributed by atoms with E-state index in [1.54, 1.807) is 23.9 Å². The minimum absolute atomic E-state index is 0.416. The number of para-hydroxylation sites is 1. The summed E-state index contributed by atoms with van der Waals surface area (Å²) >= 11 is 0. The number of carbonyl (C=O) groups is 1. The number of hydrogen-bond donors (Lipinski definition) is 0. The van der Waals surface area contributed by atoms with Crippen LogP contribution in [-0.2, 0) is 13.0 Å². The first kappa shape index (κ1) is 17.7. The number of ether oxygens (including phenoxy) is 2. The smallest absolute Gasteiger partial charge is 0.441 e. The van der Waals surface area contributed by atoms with Gasteiger partial charge in [0.2, 0.25) is 5.88 Å².